The number of benzene rings is 1. The lowest BCUT2D eigenvalue weighted by Gasteiger charge is -2.13. The SMILES string of the molecule is CCCS(=O)(=O)NCC1CN(c2cccc(F)c2)C(=O)O1. The Morgan fingerprint density at radius 3 is 2.90 bits per heavy atom. The molecular formula is C13H17FN2O4S. The van der Waals surface area contributed by atoms with Gasteiger partial charge in [-0.2, -0.15) is 0 Å². The first-order valence-electron chi connectivity index (χ1n) is 6.62. The number of cyclic esters (lactones) is 1. The molecule has 1 heterocycles. The Hall–Kier alpha value is -1.67. The minimum atomic E-state index is -3.35. The largest absolute Gasteiger partial charge is 0.443 e. The fourth-order valence-corrected chi connectivity index (χ4v) is 3.17. The number of carbonyl (C=O) groups is 1. The van der Waals surface area contributed by atoms with Crippen LogP contribution >= 0.6 is 0 Å². The molecule has 21 heavy (non-hydrogen) atoms. The van der Waals surface area contributed by atoms with Crippen molar-refractivity contribution in [3.8, 4) is 0 Å². The molecule has 0 saturated carbocycles. The molecule has 0 radical (unpaired) electrons. The Bertz CT molecular complexity index is 620. The molecule has 1 aliphatic rings. The molecular weight excluding hydrogens is 299 g/mol. The fraction of sp³-hybridized carbons (Fsp3) is 0.462. The van der Waals surface area contributed by atoms with E-state index in [-0.39, 0.29) is 18.8 Å². The van der Waals surface area contributed by atoms with E-state index in [2.05, 4.69) is 4.72 Å². The number of amides is 1. The van der Waals surface area contributed by atoms with Gasteiger partial charge in [-0.3, -0.25) is 4.90 Å². The van der Waals surface area contributed by atoms with Crippen molar-refractivity contribution in [2.75, 3.05) is 23.7 Å². The topological polar surface area (TPSA) is 75.7 Å². The normalized spacial score (nSPS) is 18.9. The van der Waals surface area contributed by atoms with E-state index in [4.69, 9.17) is 4.74 Å². The standard InChI is InChI=1S/C13H17FN2O4S/c1-2-6-21(18,19)15-8-12-9-16(13(17)20-12)11-5-3-4-10(14)7-11/h3-5,7,12,15H,2,6,8-9H2,1H3. The van der Waals surface area contributed by atoms with Gasteiger partial charge in [0.15, 0.2) is 0 Å². The predicted molar refractivity (Wildman–Crippen MR) is 76.1 cm³/mol. The lowest BCUT2D eigenvalue weighted by molar-refractivity contribution is 0.143. The van der Waals surface area contributed by atoms with Crippen molar-refractivity contribution >= 4 is 21.8 Å². The Morgan fingerprint density at radius 1 is 1.48 bits per heavy atom. The first-order chi connectivity index (χ1) is 9.91. The molecule has 2 rings (SSSR count). The Balaban J connectivity index is 1.97. The van der Waals surface area contributed by atoms with E-state index < -0.39 is 28.0 Å². The van der Waals surface area contributed by atoms with E-state index in [1.54, 1.807) is 13.0 Å². The summed E-state index contributed by atoms with van der Waals surface area (Å²) in [5, 5.41) is 0. The number of hydrogen-bond acceptors (Lipinski definition) is 4. The number of ether oxygens (including phenoxy) is 1. The van der Waals surface area contributed by atoms with Crippen LogP contribution in [-0.2, 0) is 14.8 Å². The van der Waals surface area contributed by atoms with E-state index in [9.17, 15) is 17.6 Å². The summed E-state index contributed by atoms with van der Waals surface area (Å²) in [6.45, 7) is 1.96. The van der Waals surface area contributed by atoms with Crippen LogP contribution in [0.4, 0.5) is 14.9 Å². The summed E-state index contributed by atoms with van der Waals surface area (Å²) in [5.41, 5.74) is 0.388. The molecule has 1 amide bonds. The van der Waals surface area contributed by atoms with Gasteiger partial charge in [0.2, 0.25) is 10.0 Å². The zero-order valence-electron chi connectivity index (χ0n) is 11.6. The number of nitrogens with zero attached hydrogens (tertiary/aromatic N) is 1. The fourth-order valence-electron chi connectivity index (χ4n) is 2.04. The van der Waals surface area contributed by atoms with Gasteiger partial charge in [0.05, 0.1) is 18.0 Å². The van der Waals surface area contributed by atoms with Gasteiger partial charge in [-0.25, -0.2) is 22.3 Å². The van der Waals surface area contributed by atoms with Crippen LogP contribution in [0.3, 0.4) is 0 Å². The zero-order valence-corrected chi connectivity index (χ0v) is 12.4. The second-order valence-electron chi connectivity index (χ2n) is 4.76. The van der Waals surface area contributed by atoms with Crippen LogP contribution in [-0.4, -0.2) is 39.5 Å². The van der Waals surface area contributed by atoms with Gasteiger partial charge in [-0.15, -0.1) is 0 Å². The lowest BCUT2D eigenvalue weighted by Crippen LogP contribution is -2.35. The molecule has 1 unspecified atom stereocenters. The van der Waals surface area contributed by atoms with Crippen molar-refractivity contribution in [3.05, 3.63) is 30.1 Å². The second-order valence-corrected chi connectivity index (χ2v) is 6.69. The minimum absolute atomic E-state index is 0.0138. The maximum absolute atomic E-state index is 13.2. The molecule has 0 aromatic heterocycles. The number of nitrogens with one attached hydrogen (secondary N) is 1. The monoisotopic (exact) mass is 316 g/mol. The summed E-state index contributed by atoms with van der Waals surface area (Å²) in [5.74, 6) is -0.422. The molecule has 116 valence electrons. The summed E-state index contributed by atoms with van der Waals surface area (Å²) in [4.78, 5) is 13.0. The third kappa shape index (κ3) is 4.15. The van der Waals surface area contributed by atoms with Crippen LogP contribution in [0.15, 0.2) is 24.3 Å². The van der Waals surface area contributed by atoms with Gasteiger partial charge in [-0.1, -0.05) is 13.0 Å². The van der Waals surface area contributed by atoms with E-state index >= 15 is 0 Å². The highest BCUT2D eigenvalue weighted by Gasteiger charge is 2.33. The lowest BCUT2D eigenvalue weighted by atomic mass is 10.2. The molecule has 1 atom stereocenters. The summed E-state index contributed by atoms with van der Waals surface area (Å²) >= 11 is 0. The molecule has 1 saturated heterocycles. The number of anilines is 1. The Morgan fingerprint density at radius 2 is 2.24 bits per heavy atom. The van der Waals surface area contributed by atoms with E-state index in [1.807, 2.05) is 0 Å². The average Bonchev–Trinajstić information content (AvgIpc) is 2.78. The van der Waals surface area contributed by atoms with Crippen LogP contribution in [0.2, 0.25) is 0 Å². The first kappa shape index (κ1) is 15.7. The quantitative estimate of drug-likeness (QED) is 0.862. The summed E-state index contributed by atoms with van der Waals surface area (Å²) in [6.07, 6.45) is -0.692. The third-order valence-electron chi connectivity index (χ3n) is 3.00. The van der Waals surface area contributed by atoms with Crippen LogP contribution in [0, 0.1) is 5.82 Å². The highest BCUT2D eigenvalue weighted by atomic mass is 32.2. The molecule has 8 heteroatoms. The van der Waals surface area contributed by atoms with Gasteiger partial charge >= 0.3 is 6.09 Å². The molecule has 0 aliphatic carbocycles. The summed E-state index contributed by atoms with van der Waals surface area (Å²) < 4.78 is 43.7. The van der Waals surface area contributed by atoms with Gasteiger partial charge < -0.3 is 4.74 Å². The predicted octanol–water partition coefficient (Wildman–Crippen LogP) is 1.48. The van der Waals surface area contributed by atoms with Crippen molar-refractivity contribution in [1.82, 2.24) is 4.72 Å². The van der Waals surface area contributed by atoms with Crippen molar-refractivity contribution in [3.63, 3.8) is 0 Å². The number of rotatable bonds is 6. The van der Waals surface area contributed by atoms with Crippen molar-refractivity contribution < 1.29 is 22.3 Å². The average molecular weight is 316 g/mol. The molecule has 0 bridgehead atoms. The van der Waals surface area contributed by atoms with Gasteiger partial charge in [0.1, 0.15) is 11.9 Å². The molecule has 1 aromatic carbocycles. The summed E-state index contributed by atoms with van der Waals surface area (Å²) in [7, 11) is -3.35. The van der Waals surface area contributed by atoms with E-state index in [0.29, 0.717) is 12.1 Å². The molecule has 1 aliphatic heterocycles. The Labute approximate surface area is 122 Å². The maximum atomic E-state index is 13.2. The van der Waals surface area contributed by atoms with Gasteiger partial charge in [-0.05, 0) is 24.6 Å². The number of sulfonamides is 1. The number of hydrogen-bond donors (Lipinski definition) is 1. The van der Waals surface area contributed by atoms with Crippen molar-refractivity contribution in [2.24, 2.45) is 0 Å². The Kier molecular flexibility index (Phi) is 4.79. The third-order valence-corrected chi connectivity index (χ3v) is 4.55. The zero-order chi connectivity index (χ0) is 15.5. The van der Waals surface area contributed by atoms with Crippen molar-refractivity contribution in [1.29, 1.82) is 0 Å². The highest BCUT2D eigenvalue weighted by Crippen LogP contribution is 2.22. The van der Waals surface area contributed by atoms with Crippen LogP contribution < -0.4 is 9.62 Å². The van der Waals surface area contributed by atoms with Crippen molar-refractivity contribution in [2.45, 2.75) is 19.4 Å². The molecule has 1 aromatic rings. The van der Waals surface area contributed by atoms with Gasteiger partial charge in [0.25, 0.3) is 0 Å². The van der Waals surface area contributed by atoms with E-state index in [1.165, 1.54) is 23.1 Å². The second kappa shape index (κ2) is 6.40. The minimum Gasteiger partial charge on any atom is -0.443 e. The molecule has 1 N–H and O–H groups in total. The number of carbonyl (C=O) groups excluding carboxylic acids is 1. The van der Waals surface area contributed by atoms with Crippen LogP contribution in [0.25, 0.3) is 0 Å². The van der Waals surface area contributed by atoms with Crippen LogP contribution in [0.5, 0.6) is 0 Å². The summed E-state index contributed by atoms with van der Waals surface area (Å²) in [6, 6.07) is 5.59. The van der Waals surface area contributed by atoms with Gasteiger partial charge in [0, 0.05) is 6.54 Å². The first-order valence-corrected chi connectivity index (χ1v) is 8.27. The van der Waals surface area contributed by atoms with E-state index in [0.717, 1.165) is 0 Å². The smallest absolute Gasteiger partial charge is 0.414 e. The highest BCUT2D eigenvalue weighted by molar-refractivity contribution is 7.89. The number of halogens is 1. The van der Waals surface area contributed by atoms with Crippen LogP contribution in [0.1, 0.15) is 13.3 Å². The molecule has 1 fully saturated rings. The molecule has 6 nitrogen and oxygen atoms in total. The molecule has 0 spiro atoms. The maximum Gasteiger partial charge on any atom is 0.414 e.